The van der Waals surface area contributed by atoms with Crippen molar-refractivity contribution in [2.45, 2.75) is 6.61 Å². The molecule has 2 aromatic heterocycles. The molecular weight excluding hydrogens is 382 g/mol. The van der Waals surface area contributed by atoms with Crippen LogP contribution >= 0.6 is 0 Å². The van der Waals surface area contributed by atoms with Crippen molar-refractivity contribution in [1.82, 2.24) is 5.16 Å². The fourth-order valence-corrected chi connectivity index (χ4v) is 3.19. The Balaban J connectivity index is 1.17. The van der Waals surface area contributed by atoms with Crippen molar-refractivity contribution in [3.05, 3.63) is 84.6 Å². The van der Waals surface area contributed by atoms with Crippen molar-refractivity contribution in [1.29, 1.82) is 0 Å². The van der Waals surface area contributed by atoms with Crippen molar-refractivity contribution < 1.29 is 23.2 Å². The minimum absolute atomic E-state index is 0.0103. The van der Waals surface area contributed by atoms with E-state index in [1.807, 2.05) is 72.8 Å². The van der Waals surface area contributed by atoms with Crippen LogP contribution in [0.25, 0.3) is 33.3 Å². The molecule has 0 fully saturated rings. The van der Waals surface area contributed by atoms with Crippen LogP contribution in [-0.2, 0) is 16.1 Å². The number of aromatic nitrogens is 1. The van der Waals surface area contributed by atoms with E-state index in [4.69, 9.17) is 18.4 Å². The summed E-state index contributed by atoms with van der Waals surface area (Å²) >= 11 is 0. The second-order valence-electron chi connectivity index (χ2n) is 6.79. The lowest BCUT2D eigenvalue weighted by Crippen LogP contribution is -2.14. The molecule has 6 heteroatoms. The lowest BCUT2D eigenvalue weighted by atomic mass is 10.1. The number of hydrogen-bond acceptors (Lipinski definition) is 6. The first-order chi connectivity index (χ1) is 14.7. The molecule has 0 atom stereocenters. The third-order valence-corrected chi connectivity index (χ3v) is 4.69. The average Bonchev–Trinajstić information content (AvgIpc) is 3.43. The number of ether oxygens (including phenoxy) is 2. The van der Waals surface area contributed by atoms with Crippen molar-refractivity contribution in [3.63, 3.8) is 0 Å². The maximum absolute atomic E-state index is 12.0. The van der Waals surface area contributed by atoms with Crippen LogP contribution in [0.2, 0.25) is 0 Å². The number of esters is 1. The summed E-state index contributed by atoms with van der Waals surface area (Å²) in [5.41, 5.74) is 1.26. The average molecular weight is 399 g/mol. The number of benzene rings is 3. The fraction of sp³-hybridized carbons (Fsp3) is 0.0833. The monoisotopic (exact) mass is 399 g/mol. The van der Waals surface area contributed by atoms with Crippen LogP contribution in [0.5, 0.6) is 5.75 Å². The Morgan fingerprint density at radius 3 is 2.50 bits per heavy atom. The Labute approximate surface area is 171 Å². The maximum atomic E-state index is 12.0. The number of nitrogens with zero attached hydrogens (tertiary/aromatic N) is 1. The van der Waals surface area contributed by atoms with Crippen LogP contribution in [0.15, 0.2) is 87.8 Å². The number of para-hydroxylation sites is 1. The first-order valence-electron chi connectivity index (χ1n) is 9.46. The van der Waals surface area contributed by atoms with Gasteiger partial charge in [-0.1, -0.05) is 53.7 Å². The molecule has 0 saturated carbocycles. The van der Waals surface area contributed by atoms with Gasteiger partial charge in [-0.05, 0) is 35.0 Å². The lowest BCUT2D eigenvalue weighted by molar-refractivity contribution is -0.147. The van der Waals surface area contributed by atoms with Gasteiger partial charge in [0, 0.05) is 11.5 Å². The van der Waals surface area contributed by atoms with Crippen molar-refractivity contribution >= 4 is 27.7 Å². The second-order valence-corrected chi connectivity index (χ2v) is 6.79. The largest absolute Gasteiger partial charge is 0.482 e. The number of furan rings is 1. The molecule has 5 rings (SSSR count). The highest BCUT2D eigenvalue weighted by Gasteiger charge is 2.13. The highest BCUT2D eigenvalue weighted by atomic mass is 16.6. The zero-order valence-electron chi connectivity index (χ0n) is 15.9. The molecule has 0 spiro atoms. The van der Waals surface area contributed by atoms with E-state index in [0.717, 1.165) is 21.7 Å². The van der Waals surface area contributed by atoms with Gasteiger partial charge in [0.2, 0.25) is 5.76 Å². The standard InChI is InChI=1S/C24H17NO5/c26-24(15-27-20-10-9-16-5-1-2-6-17(16)11-20)28-14-19-13-23(30-25-19)22-12-18-7-3-4-8-21(18)29-22/h1-13H,14-15H2. The molecule has 0 unspecified atom stereocenters. The van der Waals surface area contributed by atoms with Gasteiger partial charge in [0.15, 0.2) is 12.4 Å². The van der Waals surface area contributed by atoms with E-state index in [1.165, 1.54) is 0 Å². The highest BCUT2D eigenvalue weighted by Crippen LogP contribution is 2.28. The molecule has 0 amide bonds. The third-order valence-electron chi connectivity index (χ3n) is 4.69. The number of fused-ring (bicyclic) bond motifs is 2. The first-order valence-corrected chi connectivity index (χ1v) is 9.46. The Kier molecular flexibility index (Phi) is 4.65. The van der Waals surface area contributed by atoms with Crippen LogP contribution in [-0.4, -0.2) is 17.7 Å². The maximum Gasteiger partial charge on any atom is 0.344 e. The van der Waals surface area contributed by atoms with Crippen LogP contribution in [0, 0.1) is 0 Å². The second kappa shape index (κ2) is 7.75. The van der Waals surface area contributed by atoms with Crippen molar-refractivity contribution in [3.8, 4) is 17.3 Å². The SMILES string of the molecule is O=C(COc1ccc2ccccc2c1)OCc1cc(-c2cc3ccccc3o2)on1. The zero-order chi connectivity index (χ0) is 20.3. The predicted octanol–water partition coefficient (Wildman–Crippen LogP) is 5.36. The molecule has 0 bridgehead atoms. The Bertz CT molecular complexity index is 1300. The Morgan fingerprint density at radius 2 is 1.63 bits per heavy atom. The Hall–Kier alpha value is -4.06. The molecule has 0 N–H and O–H groups in total. The van der Waals surface area contributed by atoms with Gasteiger partial charge in [-0.15, -0.1) is 0 Å². The molecule has 6 nitrogen and oxygen atoms in total. The molecule has 5 aromatic rings. The smallest absolute Gasteiger partial charge is 0.344 e. The molecular formula is C24H17NO5. The molecule has 30 heavy (non-hydrogen) atoms. The summed E-state index contributed by atoms with van der Waals surface area (Å²) in [4.78, 5) is 12.0. The van der Waals surface area contributed by atoms with Gasteiger partial charge in [-0.3, -0.25) is 0 Å². The molecule has 0 saturated heterocycles. The van der Waals surface area contributed by atoms with Crippen LogP contribution in [0.3, 0.4) is 0 Å². The zero-order valence-corrected chi connectivity index (χ0v) is 15.9. The van der Waals surface area contributed by atoms with E-state index in [0.29, 0.717) is 23.0 Å². The summed E-state index contributed by atoms with van der Waals surface area (Å²) in [7, 11) is 0. The molecule has 0 radical (unpaired) electrons. The van der Waals surface area contributed by atoms with Crippen molar-refractivity contribution in [2.75, 3.05) is 6.61 Å². The summed E-state index contributed by atoms with van der Waals surface area (Å²) in [6, 6.07) is 24.9. The minimum atomic E-state index is -0.489. The summed E-state index contributed by atoms with van der Waals surface area (Å²) < 4.78 is 21.8. The van der Waals surface area contributed by atoms with E-state index < -0.39 is 5.97 Å². The van der Waals surface area contributed by atoms with Gasteiger partial charge in [0.1, 0.15) is 23.6 Å². The first kappa shape index (κ1) is 18.0. The van der Waals surface area contributed by atoms with Crippen molar-refractivity contribution in [2.24, 2.45) is 0 Å². The van der Waals surface area contributed by atoms with Gasteiger partial charge < -0.3 is 18.4 Å². The number of carbonyl (C=O) groups excluding carboxylic acids is 1. The fourth-order valence-electron chi connectivity index (χ4n) is 3.19. The highest BCUT2D eigenvalue weighted by molar-refractivity contribution is 5.84. The van der Waals surface area contributed by atoms with Crippen LogP contribution < -0.4 is 4.74 Å². The summed E-state index contributed by atoms with van der Waals surface area (Å²) in [5.74, 6) is 1.17. The topological polar surface area (TPSA) is 74.7 Å². The van der Waals surface area contributed by atoms with Gasteiger partial charge >= 0.3 is 5.97 Å². The number of hydrogen-bond donors (Lipinski definition) is 0. The summed E-state index contributed by atoms with van der Waals surface area (Å²) in [6.45, 7) is -0.198. The predicted molar refractivity (Wildman–Crippen MR) is 111 cm³/mol. The quantitative estimate of drug-likeness (QED) is 0.358. The number of rotatable bonds is 6. The normalized spacial score (nSPS) is 11.1. The molecule has 0 aliphatic rings. The minimum Gasteiger partial charge on any atom is -0.482 e. The summed E-state index contributed by atoms with van der Waals surface area (Å²) in [6.07, 6.45) is 0. The summed E-state index contributed by atoms with van der Waals surface area (Å²) in [5, 5.41) is 7.06. The third kappa shape index (κ3) is 3.75. The van der Waals surface area contributed by atoms with Gasteiger partial charge in [-0.2, -0.15) is 0 Å². The van der Waals surface area contributed by atoms with Crippen LogP contribution in [0.4, 0.5) is 0 Å². The van der Waals surface area contributed by atoms with E-state index in [1.54, 1.807) is 6.07 Å². The molecule has 3 aromatic carbocycles. The Morgan fingerprint density at radius 1 is 0.833 bits per heavy atom. The van der Waals surface area contributed by atoms with E-state index in [-0.39, 0.29) is 13.2 Å². The van der Waals surface area contributed by atoms with E-state index >= 15 is 0 Å². The van der Waals surface area contributed by atoms with Gasteiger partial charge in [0.25, 0.3) is 0 Å². The van der Waals surface area contributed by atoms with Gasteiger partial charge in [-0.25, -0.2) is 4.79 Å². The van der Waals surface area contributed by atoms with E-state index in [9.17, 15) is 4.79 Å². The number of carbonyl (C=O) groups is 1. The lowest BCUT2D eigenvalue weighted by Gasteiger charge is -2.07. The molecule has 148 valence electrons. The molecule has 0 aliphatic carbocycles. The van der Waals surface area contributed by atoms with E-state index in [2.05, 4.69) is 5.16 Å². The molecule has 0 aliphatic heterocycles. The van der Waals surface area contributed by atoms with Gasteiger partial charge in [0.05, 0.1) is 0 Å². The van der Waals surface area contributed by atoms with Crippen LogP contribution in [0.1, 0.15) is 5.69 Å². The molecule has 2 heterocycles.